The molecule has 0 spiro atoms. The maximum absolute atomic E-state index is 13.5. The first kappa shape index (κ1) is 55.8. The number of aromatic amines is 1. The number of amides is 8. The lowest BCUT2D eigenvalue weighted by Crippen LogP contribution is -2.60. The molecule has 0 fully saturated rings. The van der Waals surface area contributed by atoms with Crippen molar-refractivity contribution >= 4 is 59.2 Å². The molecule has 26 heteroatoms. The highest BCUT2D eigenvalue weighted by molar-refractivity contribution is 5.97. The molecular formula is C38H65N13O13. The summed E-state index contributed by atoms with van der Waals surface area (Å²) in [6.45, 7) is 2.07. The second kappa shape index (κ2) is 29.9. The number of rotatable bonds is 33. The van der Waals surface area contributed by atoms with E-state index in [1.54, 1.807) is 13.8 Å². The molecule has 0 saturated carbocycles. The first-order valence-electron chi connectivity index (χ1n) is 20.8. The van der Waals surface area contributed by atoms with Crippen LogP contribution in [0, 0.1) is 5.92 Å². The van der Waals surface area contributed by atoms with Crippen LogP contribution < -0.4 is 60.2 Å². The standard InChI is InChI=1S/C38H65N13O13/c1-3-20(2)31(37(62)48-25(38(63)64)10-11-28(42)53)51-36(61)27(18-52)50-34(59)24(9-5-7-13-40)46-29(54)17-44-33(58)23(8-4-6-12-39)47-35(60)26(15-30(55)56)49-32(57)22(41)14-21-16-43-19-45-21/h16,19-20,22-27,31,52H,3-15,17-18,39-41H2,1-2H3,(H2,42,53)(H,43,45)(H,44,58)(H,46,54)(H,47,60)(H,48,62)(H,49,57)(H,50,59)(H,51,61)(H,55,56)(H,63,64)/t20-,22-,23-,24-,25-,26-,27-,31-/m0/s1. The molecule has 64 heavy (non-hydrogen) atoms. The van der Waals surface area contributed by atoms with E-state index in [0.717, 1.165) is 0 Å². The number of unbranched alkanes of at least 4 members (excludes halogenated alkanes) is 2. The highest BCUT2D eigenvalue weighted by Gasteiger charge is 2.34. The van der Waals surface area contributed by atoms with Crippen LogP contribution in [0.15, 0.2) is 12.5 Å². The Morgan fingerprint density at radius 1 is 0.703 bits per heavy atom. The number of aliphatic carboxylic acids is 2. The largest absolute Gasteiger partial charge is 0.481 e. The predicted molar refractivity (Wildman–Crippen MR) is 226 cm³/mol. The minimum absolute atomic E-state index is 0.00676. The zero-order chi connectivity index (χ0) is 48.4. The number of carboxylic acid groups (broad SMARTS) is 2. The van der Waals surface area contributed by atoms with Crippen molar-refractivity contribution in [1.29, 1.82) is 0 Å². The number of aliphatic hydroxyl groups excluding tert-OH is 1. The molecule has 1 rings (SSSR count). The number of nitrogens with zero attached hydrogens (tertiary/aromatic N) is 1. The van der Waals surface area contributed by atoms with E-state index in [9.17, 15) is 63.3 Å². The van der Waals surface area contributed by atoms with Crippen LogP contribution in [0.25, 0.3) is 0 Å². The molecule has 0 unspecified atom stereocenters. The highest BCUT2D eigenvalue weighted by Crippen LogP contribution is 2.11. The van der Waals surface area contributed by atoms with Gasteiger partial charge < -0.3 is 80.5 Å². The Bertz CT molecular complexity index is 1720. The van der Waals surface area contributed by atoms with E-state index in [1.165, 1.54) is 12.5 Å². The van der Waals surface area contributed by atoms with Crippen LogP contribution in [-0.2, 0) is 54.4 Å². The van der Waals surface area contributed by atoms with Crippen LogP contribution in [0.1, 0.15) is 83.7 Å². The SMILES string of the molecule is CC[C@H](C)[C@H](NC(=O)[C@H](CO)NC(=O)[C@H](CCCCN)NC(=O)CNC(=O)[C@H](CCCCN)NC(=O)[C@H](CC(=O)O)NC(=O)[C@@H](N)Cc1cnc[nH]1)C(=O)N[C@@H](CCC(N)=O)C(=O)O. The van der Waals surface area contributed by atoms with E-state index < -0.39 is 127 Å². The predicted octanol–water partition coefficient (Wildman–Crippen LogP) is -5.57. The number of nitrogens with two attached hydrogens (primary N) is 4. The fourth-order valence-corrected chi connectivity index (χ4v) is 5.95. The van der Waals surface area contributed by atoms with Gasteiger partial charge in [0.1, 0.15) is 36.3 Å². The van der Waals surface area contributed by atoms with Crippen LogP contribution in [0.2, 0.25) is 0 Å². The van der Waals surface area contributed by atoms with E-state index in [4.69, 9.17) is 22.9 Å². The first-order valence-corrected chi connectivity index (χ1v) is 20.8. The van der Waals surface area contributed by atoms with Crippen molar-refractivity contribution in [2.24, 2.45) is 28.9 Å². The summed E-state index contributed by atoms with van der Waals surface area (Å²) in [5.41, 5.74) is 22.8. The smallest absolute Gasteiger partial charge is 0.326 e. The number of nitrogens with one attached hydrogen (secondary N) is 8. The second-order valence-corrected chi connectivity index (χ2v) is 15.0. The summed E-state index contributed by atoms with van der Waals surface area (Å²) in [6.07, 6.45) is 3.06. The van der Waals surface area contributed by atoms with E-state index in [0.29, 0.717) is 37.8 Å². The number of primary amides is 1. The van der Waals surface area contributed by atoms with E-state index in [1.807, 2.05) is 0 Å². The number of H-pyrrole nitrogens is 1. The Hall–Kier alpha value is -6.25. The van der Waals surface area contributed by atoms with Gasteiger partial charge in [-0.15, -0.1) is 0 Å². The third kappa shape index (κ3) is 21.2. The number of aliphatic hydroxyl groups is 1. The van der Waals surface area contributed by atoms with Crippen molar-refractivity contribution in [1.82, 2.24) is 47.2 Å². The van der Waals surface area contributed by atoms with Gasteiger partial charge in [0.05, 0.1) is 31.9 Å². The zero-order valence-corrected chi connectivity index (χ0v) is 36.1. The van der Waals surface area contributed by atoms with Gasteiger partial charge >= 0.3 is 11.9 Å². The van der Waals surface area contributed by atoms with E-state index in [-0.39, 0.29) is 45.2 Å². The molecule has 0 radical (unpaired) electrons. The van der Waals surface area contributed by atoms with Crippen LogP contribution in [0.3, 0.4) is 0 Å². The Morgan fingerprint density at radius 2 is 1.25 bits per heavy atom. The lowest BCUT2D eigenvalue weighted by atomic mass is 9.97. The second-order valence-electron chi connectivity index (χ2n) is 15.0. The number of carboxylic acids is 2. The van der Waals surface area contributed by atoms with Gasteiger partial charge in [-0.2, -0.15) is 0 Å². The van der Waals surface area contributed by atoms with Gasteiger partial charge in [-0.3, -0.25) is 43.2 Å². The molecule has 8 atom stereocenters. The number of hydrogen-bond donors (Lipinski definition) is 15. The maximum atomic E-state index is 13.5. The molecule has 0 aliphatic rings. The summed E-state index contributed by atoms with van der Waals surface area (Å²) >= 11 is 0. The average molecular weight is 912 g/mol. The highest BCUT2D eigenvalue weighted by atomic mass is 16.4. The third-order valence-corrected chi connectivity index (χ3v) is 9.85. The van der Waals surface area contributed by atoms with Gasteiger partial charge in [0.25, 0.3) is 0 Å². The van der Waals surface area contributed by atoms with Crippen molar-refractivity contribution < 1.29 is 63.3 Å². The maximum Gasteiger partial charge on any atom is 0.326 e. The number of hydrogen-bond acceptors (Lipinski definition) is 15. The monoisotopic (exact) mass is 911 g/mol. The van der Waals surface area contributed by atoms with Crippen molar-refractivity contribution in [2.75, 3.05) is 26.2 Å². The molecule has 0 saturated heterocycles. The van der Waals surface area contributed by atoms with E-state index >= 15 is 0 Å². The van der Waals surface area contributed by atoms with Crippen LogP contribution >= 0.6 is 0 Å². The Labute approximate surface area is 369 Å². The molecular weight excluding hydrogens is 846 g/mol. The molecule has 8 amide bonds. The van der Waals surface area contributed by atoms with Gasteiger partial charge in [0, 0.05) is 24.7 Å². The number of aromatic nitrogens is 2. The van der Waals surface area contributed by atoms with Crippen molar-refractivity contribution in [2.45, 2.75) is 127 Å². The topological polar surface area (TPSA) is 448 Å². The van der Waals surface area contributed by atoms with Crippen molar-refractivity contribution in [3.05, 3.63) is 18.2 Å². The molecule has 1 aromatic heterocycles. The number of carbonyl (C=O) groups excluding carboxylic acids is 8. The Kier molecular flexibility index (Phi) is 26.1. The minimum atomic E-state index is -1.66. The van der Waals surface area contributed by atoms with Crippen molar-refractivity contribution in [3.8, 4) is 0 Å². The molecule has 19 N–H and O–H groups in total. The fraction of sp³-hybridized carbons (Fsp3) is 0.658. The van der Waals surface area contributed by atoms with Crippen LogP contribution in [0.4, 0.5) is 0 Å². The Balaban J connectivity index is 3.10. The average Bonchev–Trinajstić information content (AvgIpc) is 3.76. The summed E-state index contributed by atoms with van der Waals surface area (Å²) < 4.78 is 0. The summed E-state index contributed by atoms with van der Waals surface area (Å²) in [6, 6.07) is -10.0. The van der Waals surface area contributed by atoms with Gasteiger partial charge in [0.2, 0.25) is 47.3 Å². The van der Waals surface area contributed by atoms with Gasteiger partial charge in [0.15, 0.2) is 0 Å². The fourth-order valence-electron chi connectivity index (χ4n) is 5.95. The zero-order valence-electron chi connectivity index (χ0n) is 36.1. The van der Waals surface area contributed by atoms with Gasteiger partial charge in [-0.05, 0) is 64.0 Å². The van der Waals surface area contributed by atoms with E-state index in [2.05, 4.69) is 47.2 Å². The molecule has 1 aromatic rings. The lowest BCUT2D eigenvalue weighted by molar-refractivity contribution is -0.143. The quantitative estimate of drug-likeness (QED) is 0.0292. The summed E-state index contributed by atoms with van der Waals surface area (Å²) in [5.74, 6) is -10.8. The lowest BCUT2D eigenvalue weighted by Gasteiger charge is -2.28. The van der Waals surface area contributed by atoms with Crippen molar-refractivity contribution in [3.63, 3.8) is 0 Å². The minimum Gasteiger partial charge on any atom is -0.481 e. The molecule has 1 heterocycles. The molecule has 26 nitrogen and oxygen atoms in total. The van der Waals surface area contributed by atoms with Crippen LogP contribution in [-0.4, -0.2) is 153 Å². The van der Waals surface area contributed by atoms with Gasteiger partial charge in [-0.25, -0.2) is 9.78 Å². The van der Waals surface area contributed by atoms with Crippen LogP contribution in [0.5, 0.6) is 0 Å². The molecule has 0 aromatic carbocycles. The molecule has 0 bridgehead atoms. The third-order valence-electron chi connectivity index (χ3n) is 9.85. The molecule has 0 aliphatic heterocycles. The molecule has 0 aliphatic carbocycles. The number of imidazole rings is 1. The van der Waals surface area contributed by atoms with Gasteiger partial charge in [-0.1, -0.05) is 20.3 Å². The first-order chi connectivity index (χ1) is 30.3. The summed E-state index contributed by atoms with van der Waals surface area (Å²) in [7, 11) is 0. The molecule has 360 valence electrons. The Morgan fingerprint density at radius 3 is 1.77 bits per heavy atom. The summed E-state index contributed by atoms with van der Waals surface area (Å²) in [4.78, 5) is 134. The normalized spacial score (nSPS) is 14.7. The summed E-state index contributed by atoms with van der Waals surface area (Å²) in [5, 5.41) is 45.6. The number of carbonyl (C=O) groups is 10.